The summed E-state index contributed by atoms with van der Waals surface area (Å²) in [5.74, 6) is -2.66. The smallest absolute Gasteiger partial charge is 0.317 e. The van der Waals surface area contributed by atoms with Crippen LogP contribution in [0.15, 0.2) is 59.0 Å². The molecular weight excluding hydrogens is 424 g/mol. The number of aliphatic carboxylic acids is 2. The van der Waals surface area contributed by atoms with Gasteiger partial charge in [0.15, 0.2) is 11.5 Å². The van der Waals surface area contributed by atoms with E-state index in [2.05, 4.69) is 4.98 Å². The summed E-state index contributed by atoms with van der Waals surface area (Å²) in [4.78, 5) is 26.3. The monoisotopic (exact) mass is 448 g/mol. The minimum absolute atomic E-state index is 0.121. The van der Waals surface area contributed by atoms with Gasteiger partial charge in [0.2, 0.25) is 5.89 Å². The molecule has 33 heavy (non-hydrogen) atoms. The van der Waals surface area contributed by atoms with Gasteiger partial charge in [0.25, 0.3) is 0 Å². The highest BCUT2D eigenvalue weighted by molar-refractivity contribution is 5.92. The molecule has 0 amide bonds. The lowest BCUT2D eigenvalue weighted by molar-refractivity contribution is -0.154. The second-order valence-electron chi connectivity index (χ2n) is 7.90. The van der Waals surface area contributed by atoms with Crippen LogP contribution in [0.2, 0.25) is 0 Å². The first kappa shape index (κ1) is 22.1. The van der Waals surface area contributed by atoms with Crippen LogP contribution in [0, 0.1) is 5.92 Å². The number of oxazole rings is 1. The van der Waals surface area contributed by atoms with E-state index in [1.165, 1.54) is 0 Å². The van der Waals surface area contributed by atoms with Gasteiger partial charge >= 0.3 is 11.9 Å². The van der Waals surface area contributed by atoms with E-state index in [9.17, 15) is 9.59 Å². The van der Waals surface area contributed by atoms with Crippen molar-refractivity contribution in [3.63, 3.8) is 0 Å². The van der Waals surface area contributed by atoms with Crippen LogP contribution in [0.25, 0.3) is 33.3 Å². The Morgan fingerprint density at radius 2 is 1.70 bits per heavy atom. The molecule has 0 aliphatic carbocycles. The van der Waals surface area contributed by atoms with E-state index >= 15 is 0 Å². The molecule has 4 N–H and O–H groups in total. The predicted octanol–water partition coefficient (Wildman–Crippen LogP) is 4.95. The molecule has 0 atom stereocenters. The average Bonchev–Trinajstić information content (AvgIpc) is 3.20. The number of aromatic nitrogens is 1. The van der Waals surface area contributed by atoms with Gasteiger partial charge < -0.3 is 25.1 Å². The van der Waals surface area contributed by atoms with Crippen molar-refractivity contribution in [2.24, 2.45) is 5.92 Å². The van der Waals surface area contributed by atoms with Gasteiger partial charge in [-0.15, -0.1) is 0 Å². The van der Waals surface area contributed by atoms with E-state index < -0.39 is 17.9 Å². The van der Waals surface area contributed by atoms with Gasteiger partial charge in [-0.05, 0) is 60.0 Å². The Balaban J connectivity index is 1.34. The number of hydrogen-bond donors (Lipinski definition) is 3. The third-order valence-electron chi connectivity index (χ3n) is 5.47. The van der Waals surface area contributed by atoms with Crippen molar-refractivity contribution in [3.8, 4) is 17.2 Å². The van der Waals surface area contributed by atoms with E-state index in [1.807, 2.05) is 42.5 Å². The lowest BCUT2D eigenvalue weighted by Crippen LogP contribution is -2.23. The van der Waals surface area contributed by atoms with Gasteiger partial charge in [-0.25, -0.2) is 4.98 Å². The highest BCUT2D eigenvalue weighted by Gasteiger charge is 2.24. The number of nitrogens with zero attached hydrogens (tertiary/aromatic N) is 1. The van der Waals surface area contributed by atoms with Crippen LogP contribution in [-0.4, -0.2) is 33.7 Å². The summed E-state index contributed by atoms with van der Waals surface area (Å²) in [5, 5.41) is 19.8. The van der Waals surface area contributed by atoms with Gasteiger partial charge in [0.1, 0.15) is 11.3 Å². The van der Waals surface area contributed by atoms with E-state index in [4.69, 9.17) is 25.1 Å². The summed E-state index contributed by atoms with van der Waals surface area (Å²) in [6.45, 7) is 0.473. The quantitative estimate of drug-likeness (QED) is 0.176. The predicted molar refractivity (Wildman–Crippen MR) is 124 cm³/mol. The molecule has 8 heteroatoms. The molecule has 1 heterocycles. The lowest BCUT2D eigenvalue weighted by Gasteiger charge is -2.09. The minimum atomic E-state index is -1.34. The maximum Gasteiger partial charge on any atom is 0.317 e. The summed E-state index contributed by atoms with van der Waals surface area (Å²) in [6, 6.07) is 17.1. The first-order chi connectivity index (χ1) is 15.9. The maximum atomic E-state index is 10.9. The number of rotatable bonds is 10. The van der Waals surface area contributed by atoms with E-state index in [0.717, 1.165) is 27.6 Å². The van der Waals surface area contributed by atoms with Crippen molar-refractivity contribution in [2.45, 2.75) is 25.7 Å². The van der Waals surface area contributed by atoms with Crippen LogP contribution < -0.4 is 10.5 Å². The van der Waals surface area contributed by atoms with Gasteiger partial charge in [0, 0.05) is 17.3 Å². The van der Waals surface area contributed by atoms with Crippen molar-refractivity contribution in [1.82, 2.24) is 4.98 Å². The Labute approximate surface area is 189 Å². The molecule has 3 aromatic carbocycles. The fraction of sp³-hybridized carbons (Fsp3) is 0.240. The molecule has 0 unspecified atom stereocenters. The Morgan fingerprint density at radius 1 is 0.939 bits per heavy atom. The number of anilines is 1. The van der Waals surface area contributed by atoms with Gasteiger partial charge in [-0.3, -0.25) is 9.59 Å². The fourth-order valence-corrected chi connectivity index (χ4v) is 3.68. The van der Waals surface area contributed by atoms with Crippen molar-refractivity contribution < 1.29 is 29.0 Å². The second kappa shape index (κ2) is 9.60. The molecule has 0 saturated carbocycles. The second-order valence-corrected chi connectivity index (χ2v) is 7.90. The molecule has 0 aliphatic rings. The van der Waals surface area contributed by atoms with Crippen molar-refractivity contribution in [2.75, 3.05) is 12.3 Å². The molecule has 0 bridgehead atoms. The largest absolute Gasteiger partial charge is 0.494 e. The SMILES string of the molecule is Nc1ccc2nc(-c3ccc4cc(OCCCCCC(C(=O)O)C(=O)O)ccc4c3)oc2c1. The summed E-state index contributed by atoms with van der Waals surface area (Å²) in [6.07, 6.45) is 2.06. The first-order valence-corrected chi connectivity index (χ1v) is 10.7. The third kappa shape index (κ3) is 5.23. The highest BCUT2D eigenvalue weighted by Crippen LogP contribution is 2.29. The number of nitrogens with two attached hydrogens (primary N) is 1. The Kier molecular flexibility index (Phi) is 6.44. The van der Waals surface area contributed by atoms with E-state index in [0.29, 0.717) is 43.0 Å². The van der Waals surface area contributed by atoms with Gasteiger partial charge in [-0.2, -0.15) is 0 Å². The summed E-state index contributed by atoms with van der Waals surface area (Å²) in [7, 11) is 0. The number of hydrogen-bond acceptors (Lipinski definition) is 6. The Hall–Kier alpha value is -4.07. The Morgan fingerprint density at radius 3 is 2.48 bits per heavy atom. The normalized spacial score (nSPS) is 11.3. The van der Waals surface area contributed by atoms with E-state index in [1.54, 1.807) is 12.1 Å². The number of carboxylic acid groups (broad SMARTS) is 2. The van der Waals surface area contributed by atoms with Crippen molar-refractivity contribution in [3.05, 3.63) is 54.6 Å². The van der Waals surface area contributed by atoms with Crippen molar-refractivity contribution >= 4 is 39.5 Å². The van der Waals surface area contributed by atoms with Gasteiger partial charge in [0.05, 0.1) is 6.61 Å². The number of carbonyl (C=O) groups is 2. The standard InChI is InChI=1S/C25H24N2O6/c26-18-8-10-21-22(14-18)33-23(27-21)17-6-5-16-13-19(9-7-15(16)12-17)32-11-3-1-2-4-20(24(28)29)25(30)31/h5-10,12-14,20H,1-4,11,26H2,(H,28,29)(H,30,31). The molecule has 170 valence electrons. The molecule has 8 nitrogen and oxygen atoms in total. The zero-order valence-corrected chi connectivity index (χ0v) is 17.9. The number of unbranched alkanes of at least 4 members (excludes halogenated alkanes) is 2. The van der Waals surface area contributed by atoms with Crippen LogP contribution >= 0.6 is 0 Å². The Bertz CT molecular complexity index is 1300. The number of carboxylic acids is 2. The molecule has 4 aromatic rings. The maximum absolute atomic E-state index is 10.9. The molecule has 0 aliphatic heterocycles. The summed E-state index contributed by atoms with van der Waals surface area (Å²) < 4.78 is 11.7. The molecular formula is C25H24N2O6. The zero-order chi connectivity index (χ0) is 23.4. The number of nitrogen functional groups attached to an aromatic ring is 1. The zero-order valence-electron chi connectivity index (χ0n) is 17.9. The minimum Gasteiger partial charge on any atom is -0.494 e. The van der Waals surface area contributed by atoms with Crippen LogP contribution in [-0.2, 0) is 9.59 Å². The first-order valence-electron chi connectivity index (χ1n) is 10.7. The lowest BCUT2D eigenvalue weighted by atomic mass is 10.0. The number of benzene rings is 3. The van der Waals surface area contributed by atoms with Crippen LogP contribution in [0.5, 0.6) is 5.75 Å². The van der Waals surface area contributed by atoms with Gasteiger partial charge in [-0.1, -0.05) is 25.0 Å². The average molecular weight is 448 g/mol. The molecule has 0 radical (unpaired) electrons. The van der Waals surface area contributed by atoms with Crippen LogP contribution in [0.4, 0.5) is 5.69 Å². The van der Waals surface area contributed by atoms with Crippen LogP contribution in [0.1, 0.15) is 25.7 Å². The molecule has 1 aromatic heterocycles. The third-order valence-corrected chi connectivity index (χ3v) is 5.47. The summed E-state index contributed by atoms with van der Waals surface area (Å²) >= 11 is 0. The highest BCUT2D eigenvalue weighted by atomic mass is 16.5. The topological polar surface area (TPSA) is 136 Å². The molecule has 4 rings (SSSR count). The summed E-state index contributed by atoms with van der Waals surface area (Å²) in [5.41, 5.74) is 8.71. The molecule has 0 saturated heterocycles. The molecule has 0 spiro atoms. The molecule has 0 fully saturated rings. The van der Waals surface area contributed by atoms with Crippen molar-refractivity contribution in [1.29, 1.82) is 0 Å². The van der Waals surface area contributed by atoms with Crippen LogP contribution in [0.3, 0.4) is 0 Å². The number of ether oxygens (including phenoxy) is 1. The number of fused-ring (bicyclic) bond motifs is 2. The van der Waals surface area contributed by atoms with E-state index in [-0.39, 0.29) is 6.42 Å². The fourth-order valence-electron chi connectivity index (χ4n) is 3.68.